The first-order valence-corrected chi connectivity index (χ1v) is 20.6. The van der Waals surface area contributed by atoms with Crippen LogP contribution in [0.2, 0.25) is 0 Å². The minimum Gasteiger partial charge on any atom is -0.456 e. The molecule has 0 amide bonds. The molecule has 0 aliphatic rings. The van der Waals surface area contributed by atoms with Crippen LogP contribution in [0.5, 0.6) is 0 Å². The third-order valence-electron chi connectivity index (χ3n) is 11.6. The van der Waals surface area contributed by atoms with Gasteiger partial charge in [-0.1, -0.05) is 116 Å². The van der Waals surface area contributed by atoms with Crippen molar-refractivity contribution >= 4 is 88.8 Å². The summed E-state index contributed by atoms with van der Waals surface area (Å²) in [6.45, 7) is 2.09. The van der Waals surface area contributed by atoms with E-state index in [2.05, 4.69) is 88.6 Å². The minimum atomic E-state index is 0.154. The van der Waals surface area contributed by atoms with Crippen LogP contribution in [0.3, 0.4) is 0 Å². The fourth-order valence-corrected chi connectivity index (χ4v) is 8.59. The Morgan fingerprint density at radius 3 is 1.97 bits per heavy atom. The number of nitrogens with one attached hydrogen (secondary N) is 3. The highest BCUT2D eigenvalue weighted by Crippen LogP contribution is 2.36. The lowest BCUT2D eigenvalue weighted by Gasteiger charge is -2.14. The molecular formula is C53H38N8O. The second kappa shape index (κ2) is 15.0. The zero-order valence-electron chi connectivity index (χ0n) is 33.7. The quantitative estimate of drug-likeness (QED) is 0.110. The van der Waals surface area contributed by atoms with Gasteiger partial charge in [0.2, 0.25) is 0 Å². The van der Waals surface area contributed by atoms with Crippen LogP contribution in [-0.2, 0) is 0 Å². The molecule has 296 valence electrons. The third-order valence-corrected chi connectivity index (χ3v) is 11.6. The molecule has 3 N–H and O–H groups in total. The highest BCUT2D eigenvalue weighted by atomic mass is 16.3. The summed E-state index contributed by atoms with van der Waals surface area (Å²) in [4.78, 5) is 14.2. The summed E-state index contributed by atoms with van der Waals surface area (Å²) in [6, 6.07) is 56.8. The Labute approximate surface area is 355 Å². The largest absolute Gasteiger partial charge is 0.456 e. The number of para-hydroxylation sites is 2. The standard InChI is InChI=1S/C53H38N8O/c1-2-44(35-21-24-40-38-17-9-11-19-45(38)60(48(40)30-35)37-23-26-49-42(31-37)43-32-56-28-27-50(43)62-49)57-52(55)36-22-25-47-41(29-36)39-18-10-12-20-46(39)61(47)59-53(34-15-7-4-8-16-34)58-51(54)33-13-5-3-6-14-33/h3-32,55H,2H2,1H3,(H2,54,58,59). The molecule has 0 atom stereocenters. The predicted molar refractivity (Wildman–Crippen MR) is 255 cm³/mol. The number of fused-ring (bicyclic) bond motifs is 9. The van der Waals surface area contributed by atoms with E-state index in [4.69, 9.17) is 19.8 Å². The van der Waals surface area contributed by atoms with Gasteiger partial charge in [-0.25, -0.2) is 9.98 Å². The molecule has 9 nitrogen and oxygen atoms in total. The van der Waals surface area contributed by atoms with Crippen molar-refractivity contribution in [2.75, 3.05) is 5.43 Å². The maximum absolute atomic E-state index is 9.37. The van der Waals surface area contributed by atoms with Crippen molar-refractivity contribution in [3.8, 4) is 5.69 Å². The number of furan rings is 1. The van der Waals surface area contributed by atoms with Gasteiger partial charge in [0.25, 0.3) is 0 Å². The molecule has 0 saturated carbocycles. The number of benzene rings is 7. The van der Waals surface area contributed by atoms with Gasteiger partial charge in [-0.3, -0.25) is 25.9 Å². The number of nitrogens with zero attached hydrogens (tertiary/aromatic N) is 5. The fraction of sp³-hybridized carbons (Fsp3) is 0.0377. The summed E-state index contributed by atoms with van der Waals surface area (Å²) in [5.41, 5.74) is 14.3. The van der Waals surface area contributed by atoms with Gasteiger partial charge in [0, 0.05) is 72.8 Å². The van der Waals surface area contributed by atoms with E-state index in [1.165, 1.54) is 0 Å². The Hall–Kier alpha value is -8.43. The molecule has 0 unspecified atom stereocenters. The summed E-state index contributed by atoms with van der Waals surface area (Å²) in [5, 5.41) is 24.5. The highest BCUT2D eigenvalue weighted by Gasteiger charge is 2.18. The smallest absolute Gasteiger partial charge is 0.154 e. The van der Waals surface area contributed by atoms with Crippen LogP contribution in [0, 0.1) is 10.8 Å². The molecule has 4 aromatic heterocycles. The van der Waals surface area contributed by atoms with Gasteiger partial charge in [-0.2, -0.15) is 0 Å². The van der Waals surface area contributed by atoms with Crippen molar-refractivity contribution in [3.63, 3.8) is 0 Å². The number of amidine groups is 3. The fourth-order valence-electron chi connectivity index (χ4n) is 8.59. The van der Waals surface area contributed by atoms with E-state index in [1.54, 1.807) is 6.20 Å². The van der Waals surface area contributed by atoms with E-state index in [-0.39, 0.29) is 11.7 Å². The van der Waals surface area contributed by atoms with Crippen LogP contribution in [0.25, 0.3) is 71.2 Å². The summed E-state index contributed by atoms with van der Waals surface area (Å²) in [7, 11) is 0. The molecule has 0 radical (unpaired) electrons. The number of aliphatic imine (C=N–C) groups is 2. The van der Waals surface area contributed by atoms with Crippen molar-refractivity contribution in [1.29, 1.82) is 10.8 Å². The molecule has 11 rings (SSSR count). The normalized spacial score (nSPS) is 12.3. The molecule has 0 spiro atoms. The van der Waals surface area contributed by atoms with Crippen molar-refractivity contribution in [2.45, 2.75) is 13.3 Å². The number of pyridine rings is 1. The van der Waals surface area contributed by atoms with Crippen molar-refractivity contribution in [3.05, 3.63) is 205 Å². The Bertz CT molecular complexity index is 3630. The average molecular weight is 803 g/mol. The lowest BCUT2D eigenvalue weighted by atomic mass is 10.0. The summed E-state index contributed by atoms with van der Waals surface area (Å²) in [5.74, 6) is 0.879. The maximum Gasteiger partial charge on any atom is 0.154 e. The minimum absolute atomic E-state index is 0.154. The molecule has 7 aromatic carbocycles. The first kappa shape index (κ1) is 36.6. The van der Waals surface area contributed by atoms with Gasteiger partial charge >= 0.3 is 0 Å². The molecule has 0 aliphatic heterocycles. The molecule has 4 heterocycles. The zero-order chi connectivity index (χ0) is 41.7. The first-order valence-electron chi connectivity index (χ1n) is 20.6. The Balaban J connectivity index is 0.979. The number of aromatic nitrogens is 3. The van der Waals surface area contributed by atoms with Crippen molar-refractivity contribution in [1.82, 2.24) is 14.2 Å². The number of hydrogen-bond acceptors (Lipinski definition) is 4. The van der Waals surface area contributed by atoms with Crippen molar-refractivity contribution in [2.24, 2.45) is 9.98 Å². The molecule has 0 bridgehead atoms. The van der Waals surface area contributed by atoms with E-state index >= 15 is 0 Å². The number of hydrogen-bond donors (Lipinski definition) is 3. The van der Waals surface area contributed by atoms with Gasteiger partial charge in [-0.05, 0) is 72.6 Å². The molecule has 62 heavy (non-hydrogen) atoms. The lowest BCUT2D eigenvalue weighted by molar-refractivity contribution is 0.668. The zero-order valence-corrected chi connectivity index (χ0v) is 33.7. The van der Waals surface area contributed by atoms with Crippen LogP contribution >= 0.6 is 0 Å². The van der Waals surface area contributed by atoms with Crippen molar-refractivity contribution < 1.29 is 4.42 Å². The second-order valence-electron chi connectivity index (χ2n) is 15.2. The molecular weight excluding hydrogens is 765 g/mol. The third kappa shape index (κ3) is 6.22. The topological polar surface area (TPSA) is 120 Å². The SMILES string of the molecule is CCC(=NC(=N)c1ccc2c(c1)c1ccccc1n2NC(=NC(=N)c1ccccc1)c1ccccc1)c1ccc2c3ccccc3n(-c3ccc4oc5ccncc5c4c3)c2c1. The summed E-state index contributed by atoms with van der Waals surface area (Å²) in [6.07, 6.45) is 4.25. The van der Waals surface area contributed by atoms with Crippen LogP contribution in [0.1, 0.15) is 35.6 Å². The molecule has 0 saturated heterocycles. The van der Waals surface area contributed by atoms with Crippen LogP contribution in [-0.4, -0.2) is 37.4 Å². The Morgan fingerprint density at radius 1 is 0.532 bits per heavy atom. The Morgan fingerprint density at radius 2 is 1.18 bits per heavy atom. The van der Waals surface area contributed by atoms with Gasteiger partial charge in [0.05, 0.1) is 22.1 Å². The molecule has 0 aliphatic carbocycles. The maximum atomic E-state index is 9.37. The van der Waals surface area contributed by atoms with Gasteiger partial charge in [-0.15, -0.1) is 0 Å². The van der Waals surface area contributed by atoms with E-state index < -0.39 is 0 Å². The summed E-state index contributed by atoms with van der Waals surface area (Å²) >= 11 is 0. The lowest BCUT2D eigenvalue weighted by Crippen LogP contribution is -2.25. The van der Waals surface area contributed by atoms with E-state index in [0.29, 0.717) is 17.8 Å². The van der Waals surface area contributed by atoms with Gasteiger partial charge < -0.3 is 8.98 Å². The van der Waals surface area contributed by atoms with Gasteiger partial charge in [0.15, 0.2) is 17.5 Å². The van der Waals surface area contributed by atoms with Crippen LogP contribution in [0.4, 0.5) is 0 Å². The monoisotopic (exact) mass is 802 g/mol. The summed E-state index contributed by atoms with van der Waals surface area (Å²) < 4.78 is 10.5. The molecule has 0 fully saturated rings. The van der Waals surface area contributed by atoms with Gasteiger partial charge in [0.1, 0.15) is 11.2 Å². The van der Waals surface area contributed by atoms with E-state index in [0.717, 1.165) is 93.6 Å². The first-order chi connectivity index (χ1) is 30.5. The van der Waals surface area contributed by atoms with E-state index in [1.807, 2.05) is 114 Å². The second-order valence-corrected chi connectivity index (χ2v) is 15.2. The van der Waals surface area contributed by atoms with Crippen LogP contribution in [0.15, 0.2) is 197 Å². The average Bonchev–Trinajstić information content (AvgIpc) is 3.97. The predicted octanol–water partition coefficient (Wildman–Crippen LogP) is 12.4. The van der Waals surface area contributed by atoms with E-state index in [9.17, 15) is 5.41 Å². The molecule has 9 heteroatoms. The highest BCUT2D eigenvalue weighted by molar-refractivity contribution is 6.19. The Kier molecular flexibility index (Phi) is 8.86. The van der Waals surface area contributed by atoms with Crippen LogP contribution < -0.4 is 5.43 Å². The number of rotatable bonds is 7. The molecule has 11 aromatic rings.